The van der Waals surface area contributed by atoms with Crippen LogP contribution in [0.1, 0.15) is 5.56 Å². The van der Waals surface area contributed by atoms with E-state index in [4.69, 9.17) is 10.7 Å². The summed E-state index contributed by atoms with van der Waals surface area (Å²) < 4.78 is 1.13. The number of nitrogens with zero attached hydrogens (tertiary/aromatic N) is 1. The van der Waals surface area contributed by atoms with Crippen molar-refractivity contribution >= 4 is 38.6 Å². The summed E-state index contributed by atoms with van der Waals surface area (Å²) in [6.07, 6.45) is 0. The highest BCUT2D eigenvalue weighted by atomic mass is 79.9. The number of benzene rings is 1. The molecule has 0 atom stereocenters. The minimum absolute atomic E-state index is 0.559. The maximum absolute atomic E-state index is 5.68. The van der Waals surface area contributed by atoms with Gasteiger partial charge in [-0.25, -0.2) is 4.98 Å². The third-order valence-corrected chi connectivity index (χ3v) is 5.28. The van der Waals surface area contributed by atoms with Crippen LogP contribution < -0.4 is 5.73 Å². The molecule has 0 aliphatic rings. The average molecular weight is 351 g/mol. The van der Waals surface area contributed by atoms with Crippen molar-refractivity contribution in [3.63, 3.8) is 0 Å². The Kier molecular flexibility index (Phi) is 3.79. The number of aromatic nitrogens is 1. The van der Waals surface area contributed by atoms with Crippen molar-refractivity contribution in [3.8, 4) is 21.1 Å². The molecule has 0 saturated carbocycles. The van der Waals surface area contributed by atoms with Gasteiger partial charge in [-0.2, -0.15) is 0 Å². The molecule has 0 aliphatic carbocycles. The van der Waals surface area contributed by atoms with Gasteiger partial charge in [0.2, 0.25) is 0 Å². The monoisotopic (exact) mass is 350 g/mol. The SMILES string of the molecule is NCc1cccc(-c2nc(-c3ccc(Br)s3)cs2)c1. The molecule has 2 heterocycles. The molecular weight excluding hydrogens is 340 g/mol. The lowest BCUT2D eigenvalue weighted by atomic mass is 10.1. The number of thiophene rings is 1. The molecule has 0 amide bonds. The molecule has 5 heteroatoms. The number of halogens is 1. The summed E-state index contributed by atoms with van der Waals surface area (Å²) in [5.74, 6) is 0. The highest BCUT2D eigenvalue weighted by Crippen LogP contribution is 2.34. The van der Waals surface area contributed by atoms with Crippen molar-refractivity contribution < 1.29 is 0 Å². The van der Waals surface area contributed by atoms with Gasteiger partial charge in [-0.05, 0) is 39.7 Å². The summed E-state index contributed by atoms with van der Waals surface area (Å²) in [5, 5.41) is 3.14. The maximum atomic E-state index is 5.68. The highest BCUT2D eigenvalue weighted by Gasteiger charge is 2.08. The van der Waals surface area contributed by atoms with E-state index in [9.17, 15) is 0 Å². The Hall–Kier alpha value is -1.01. The second kappa shape index (κ2) is 5.54. The van der Waals surface area contributed by atoms with Gasteiger partial charge in [0, 0.05) is 17.5 Å². The zero-order valence-corrected chi connectivity index (χ0v) is 13.2. The lowest BCUT2D eigenvalue weighted by Crippen LogP contribution is -1.95. The summed E-state index contributed by atoms with van der Waals surface area (Å²) in [4.78, 5) is 5.89. The van der Waals surface area contributed by atoms with E-state index in [1.165, 1.54) is 4.88 Å². The van der Waals surface area contributed by atoms with Crippen LogP contribution in [0.3, 0.4) is 0 Å². The molecule has 1 aromatic carbocycles. The molecule has 2 N–H and O–H groups in total. The maximum Gasteiger partial charge on any atom is 0.124 e. The highest BCUT2D eigenvalue weighted by molar-refractivity contribution is 9.11. The topological polar surface area (TPSA) is 38.9 Å². The van der Waals surface area contributed by atoms with Crippen molar-refractivity contribution in [2.45, 2.75) is 6.54 Å². The van der Waals surface area contributed by atoms with Gasteiger partial charge in [-0.15, -0.1) is 22.7 Å². The summed E-state index contributed by atoms with van der Waals surface area (Å²) in [6, 6.07) is 12.4. The summed E-state index contributed by atoms with van der Waals surface area (Å²) in [7, 11) is 0. The smallest absolute Gasteiger partial charge is 0.124 e. The van der Waals surface area contributed by atoms with Gasteiger partial charge in [-0.1, -0.05) is 18.2 Å². The zero-order chi connectivity index (χ0) is 13.2. The Labute approximate surface area is 128 Å². The lowest BCUT2D eigenvalue weighted by molar-refractivity contribution is 1.07. The minimum Gasteiger partial charge on any atom is -0.326 e. The number of hydrogen-bond donors (Lipinski definition) is 1. The summed E-state index contributed by atoms with van der Waals surface area (Å²) >= 11 is 6.84. The quantitative estimate of drug-likeness (QED) is 0.739. The van der Waals surface area contributed by atoms with Crippen LogP contribution in [0.15, 0.2) is 45.6 Å². The van der Waals surface area contributed by atoms with Crippen molar-refractivity contribution in [1.29, 1.82) is 0 Å². The van der Waals surface area contributed by atoms with Crippen molar-refractivity contribution in [3.05, 3.63) is 51.1 Å². The Morgan fingerprint density at radius 3 is 2.84 bits per heavy atom. The van der Waals surface area contributed by atoms with Gasteiger partial charge < -0.3 is 5.73 Å². The van der Waals surface area contributed by atoms with Crippen LogP contribution in [-0.2, 0) is 6.54 Å². The molecule has 0 aliphatic heterocycles. The van der Waals surface area contributed by atoms with Gasteiger partial charge in [0.25, 0.3) is 0 Å². The first kappa shape index (κ1) is 13.0. The van der Waals surface area contributed by atoms with E-state index in [1.807, 2.05) is 18.2 Å². The van der Waals surface area contributed by atoms with Gasteiger partial charge in [-0.3, -0.25) is 0 Å². The van der Waals surface area contributed by atoms with Crippen LogP contribution in [0.4, 0.5) is 0 Å². The number of thiazole rings is 1. The lowest BCUT2D eigenvalue weighted by Gasteiger charge is -1.99. The summed E-state index contributed by atoms with van der Waals surface area (Å²) in [5.41, 5.74) is 8.98. The molecule has 0 bridgehead atoms. The first-order valence-electron chi connectivity index (χ1n) is 5.77. The van der Waals surface area contributed by atoms with Gasteiger partial charge in [0.1, 0.15) is 5.01 Å². The van der Waals surface area contributed by atoms with Crippen LogP contribution in [0, 0.1) is 0 Å². The molecular formula is C14H11BrN2S2. The normalized spacial score (nSPS) is 10.8. The van der Waals surface area contributed by atoms with Crippen LogP contribution in [0.5, 0.6) is 0 Å². The molecule has 0 unspecified atom stereocenters. The van der Waals surface area contributed by atoms with Gasteiger partial charge in [0.15, 0.2) is 0 Å². The van der Waals surface area contributed by atoms with E-state index in [0.717, 1.165) is 25.6 Å². The second-order valence-corrected chi connectivity index (χ2v) is 7.37. The van der Waals surface area contributed by atoms with E-state index in [-0.39, 0.29) is 0 Å². The molecule has 3 rings (SSSR count). The third-order valence-electron chi connectivity index (χ3n) is 2.74. The molecule has 19 heavy (non-hydrogen) atoms. The van der Waals surface area contributed by atoms with E-state index in [0.29, 0.717) is 6.54 Å². The second-order valence-electron chi connectivity index (χ2n) is 4.05. The van der Waals surface area contributed by atoms with Gasteiger partial charge >= 0.3 is 0 Å². The van der Waals surface area contributed by atoms with E-state index < -0.39 is 0 Å². The fourth-order valence-corrected chi connectivity index (χ4v) is 4.04. The van der Waals surface area contributed by atoms with Crippen molar-refractivity contribution in [1.82, 2.24) is 4.98 Å². The minimum atomic E-state index is 0.559. The molecule has 96 valence electrons. The van der Waals surface area contributed by atoms with Crippen LogP contribution in [-0.4, -0.2) is 4.98 Å². The van der Waals surface area contributed by atoms with E-state index in [1.54, 1.807) is 22.7 Å². The molecule has 3 aromatic rings. The van der Waals surface area contributed by atoms with Crippen molar-refractivity contribution in [2.24, 2.45) is 5.73 Å². The molecule has 2 nitrogen and oxygen atoms in total. The van der Waals surface area contributed by atoms with Gasteiger partial charge in [0.05, 0.1) is 14.4 Å². The number of nitrogens with two attached hydrogens (primary N) is 1. The van der Waals surface area contributed by atoms with E-state index >= 15 is 0 Å². The van der Waals surface area contributed by atoms with Crippen LogP contribution in [0.2, 0.25) is 0 Å². The standard InChI is InChI=1S/C14H11BrN2S2/c15-13-5-4-12(19-13)11-8-18-14(17-11)10-3-1-2-9(6-10)7-16/h1-6,8H,7,16H2. The third kappa shape index (κ3) is 2.79. The fourth-order valence-electron chi connectivity index (χ4n) is 1.80. The van der Waals surface area contributed by atoms with Crippen LogP contribution in [0.25, 0.3) is 21.1 Å². The fraction of sp³-hybridized carbons (Fsp3) is 0.0714. The Morgan fingerprint density at radius 1 is 1.21 bits per heavy atom. The Morgan fingerprint density at radius 2 is 2.11 bits per heavy atom. The van der Waals surface area contributed by atoms with Crippen molar-refractivity contribution in [2.75, 3.05) is 0 Å². The molecule has 2 aromatic heterocycles. The first-order chi connectivity index (χ1) is 9.26. The zero-order valence-electron chi connectivity index (χ0n) is 9.97. The first-order valence-corrected chi connectivity index (χ1v) is 8.26. The largest absolute Gasteiger partial charge is 0.326 e. The van der Waals surface area contributed by atoms with Crippen LogP contribution >= 0.6 is 38.6 Å². The summed E-state index contributed by atoms with van der Waals surface area (Å²) in [6.45, 7) is 0.559. The molecule has 0 saturated heterocycles. The Balaban J connectivity index is 1.96. The number of hydrogen-bond acceptors (Lipinski definition) is 4. The average Bonchev–Trinajstić information content (AvgIpc) is 3.07. The Bertz CT molecular complexity index is 703. The number of rotatable bonds is 3. The molecule has 0 spiro atoms. The predicted octanol–water partition coefficient (Wildman–Crippen LogP) is 4.76. The predicted molar refractivity (Wildman–Crippen MR) is 86.5 cm³/mol. The molecule has 0 radical (unpaired) electrons. The van der Waals surface area contributed by atoms with E-state index in [2.05, 4.69) is 39.5 Å². The molecule has 0 fully saturated rings.